The average Bonchev–Trinajstić information content (AvgIpc) is 0.722. The molecule has 0 aromatic carbocycles. The molecule has 2 N–H and O–H groups in total. The molecule has 0 aliphatic rings. The van der Waals surface area contributed by atoms with Gasteiger partial charge in [-0.05, 0) is 0 Å². The van der Waals surface area contributed by atoms with Crippen LogP contribution >= 0.6 is 7.82 Å². The molecule has 5 nitrogen and oxygen atoms in total. The standard InChI is InChI=1S/Mn.H3O4P.H2O.Zn/c;1-5(2,3)4;;/h;(H3,1,2,3,4);1H2;/q+2;;;+2/p-3. The quantitative estimate of drug-likeness (QED) is 0.316. The maximum absolute atomic E-state index is 8.55. The van der Waals surface area contributed by atoms with Gasteiger partial charge in [-0.1, -0.05) is 0 Å². The van der Waals surface area contributed by atoms with Crippen LogP contribution in [-0.2, 0) is 41.1 Å². The molecule has 0 aliphatic heterocycles. The Kier molecular flexibility index (Phi) is 23.5. The first kappa shape index (κ1) is 22.9. The summed E-state index contributed by atoms with van der Waals surface area (Å²) in [7, 11) is -5.39. The second-order valence-corrected chi connectivity index (χ2v) is 1.34. The van der Waals surface area contributed by atoms with Crippen LogP contribution in [0.3, 0.4) is 0 Å². The van der Waals surface area contributed by atoms with Crippen molar-refractivity contribution in [3.63, 3.8) is 0 Å². The monoisotopic (exact) mass is 232 g/mol. The molecule has 0 aromatic rings. The molecule has 8 heteroatoms. The molecule has 0 spiro atoms. The van der Waals surface area contributed by atoms with Crippen LogP contribution in [0.25, 0.3) is 0 Å². The largest absolute Gasteiger partial charge is 2.00 e. The zero-order valence-electron chi connectivity index (χ0n) is 3.67. The van der Waals surface area contributed by atoms with E-state index in [-0.39, 0.29) is 42.0 Å². The van der Waals surface area contributed by atoms with Crippen LogP contribution in [0.5, 0.6) is 0 Å². The summed E-state index contributed by atoms with van der Waals surface area (Å²) in [5.41, 5.74) is 0. The van der Waals surface area contributed by atoms with E-state index in [4.69, 9.17) is 19.2 Å². The molecule has 0 amide bonds. The van der Waals surface area contributed by atoms with Crippen molar-refractivity contribution >= 4 is 7.82 Å². The molecule has 0 aliphatic carbocycles. The van der Waals surface area contributed by atoms with Crippen LogP contribution in [0.2, 0.25) is 0 Å². The predicted molar refractivity (Wildman–Crippen MR) is 11.2 cm³/mol. The molecule has 0 atom stereocenters. The molecular formula is H2MnO5PZn+. The summed E-state index contributed by atoms with van der Waals surface area (Å²) in [6, 6.07) is 0. The maximum atomic E-state index is 8.55. The summed E-state index contributed by atoms with van der Waals surface area (Å²) in [5, 5.41) is 0. The molecule has 0 aromatic heterocycles. The van der Waals surface area contributed by atoms with Gasteiger partial charge in [0.2, 0.25) is 0 Å². The zero-order valence-corrected chi connectivity index (χ0v) is 8.71. The van der Waals surface area contributed by atoms with Gasteiger partial charge in [0, 0.05) is 0 Å². The summed E-state index contributed by atoms with van der Waals surface area (Å²) in [5.74, 6) is 0. The van der Waals surface area contributed by atoms with E-state index in [1.165, 1.54) is 0 Å². The molecule has 0 unspecified atom stereocenters. The van der Waals surface area contributed by atoms with Crippen molar-refractivity contribution < 1.29 is 61.3 Å². The van der Waals surface area contributed by atoms with Gasteiger partial charge in [-0.15, -0.1) is 0 Å². The molecule has 0 rings (SSSR count). The molecule has 0 fully saturated rings. The fraction of sp³-hybridized carbons (Fsp3) is 0. The Bertz CT molecular complexity index is 58.6. The first-order chi connectivity index (χ1) is 2.00. The van der Waals surface area contributed by atoms with Gasteiger partial charge in [0.15, 0.2) is 0 Å². The minimum absolute atomic E-state index is 0. The van der Waals surface area contributed by atoms with E-state index in [0.717, 1.165) is 0 Å². The van der Waals surface area contributed by atoms with Crippen molar-refractivity contribution in [2.45, 2.75) is 0 Å². The van der Waals surface area contributed by atoms with Crippen molar-refractivity contribution in [1.29, 1.82) is 0 Å². The van der Waals surface area contributed by atoms with Crippen LogP contribution in [-0.4, -0.2) is 5.48 Å². The molecule has 0 bridgehead atoms. The number of hydrogen-bond donors (Lipinski definition) is 0. The van der Waals surface area contributed by atoms with Gasteiger partial charge in [-0.3, -0.25) is 0 Å². The van der Waals surface area contributed by atoms with E-state index in [9.17, 15) is 0 Å². The molecule has 0 saturated heterocycles. The van der Waals surface area contributed by atoms with Crippen LogP contribution in [0.4, 0.5) is 0 Å². The van der Waals surface area contributed by atoms with Crippen molar-refractivity contribution in [1.82, 2.24) is 0 Å². The Morgan fingerprint density at radius 3 is 1.12 bits per heavy atom. The van der Waals surface area contributed by atoms with Gasteiger partial charge in [0.05, 0.1) is 0 Å². The second-order valence-electron chi connectivity index (χ2n) is 0.447. The molecule has 0 saturated carbocycles. The van der Waals surface area contributed by atoms with Crippen molar-refractivity contribution in [3.8, 4) is 0 Å². The smallest absolute Gasteiger partial charge is 0.822 e. The third-order valence-corrected chi connectivity index (χ3v) is 0. The molecular weight excluding hydrogens is 231 g/mol. The summed E-state index contributed by atoms with van der Waals surface area (Å²) < 4.78 is 8.55. The molecule has 1 radical (unpaired) electrons. The first-order valence-corrected chi connectivity index (χ1v) is 2.19. The maximum Gasteiger partial charge on any atom is 2.00 e. The Hall–Kier alpha value is 1.21. The second kappa shape index (κ2) is 8.21. The van der Waals surface area contributed by atoms with Crippen LogP contribution in [0.1, 0.15) is 0 Å². The van der Waals surface area contributed by atoms with Crippen LogP contribution < -0.4 is 14.7 Å². The first-order valence-electron chi connectivity index (χ1n) is 0.730. The average molecular weight is 233 g/mol. The Labute approximate surface area is 69.3 Å². The van der Waals surface area contributed by atoms with E-state index >= 15 is 0 Å². The molecule has 45 valence electrons. The van der Waals surface area contributed by atoms with E-state index < -0.39 is 7.82 Å². The third-order valence-electron chi connectivity index (χ3n) is 0. The zero-order chi connectivity index (χ0) is 4.50. The Morgan fingerprint density at radius 1 is 1.12 bits per heavy atom. The number of rotatable bonds is 0. The summed E-state index contributed by atoms with van der Waals surface area (Å²) in [6.45, 7) is 0. The van der Waals surface area contributed by atoms with Crippen LogP contribution in [0, 0.1) is 0 Å². The van der Waals surface area contributed by atoms with Crippen LogP contribution in [0.15, 0.2) is 0 Å². The van der Waals surface area contributed by atoms with Crippen molar-refractivity contribution in [2.24, 2.45) is 0 Å². The third kappa shape index (κ3) is 189. The Balaban J connectivity index is -0.0000000267. The van der Waals surface area contributed by atoms with Gasteiger partial charge < -0.3 is 24.7 Å². The van der Waals surface area contributed by atoms with E-state index in [1.54, 1.807) is 0 Å². The normalized spacial score (nSPS) is 7.38. The summed E-state index contributed by atoms with van der Waals surface area (Å²) >= 11 is 0. The molecule has 0 heterocycles. The number of hydrogen-bond acceptors (Lipinski definition) is 4. The van der Waals surface area contributed by atoms with E-state index in [1.807, 2.05) is 0 Å². The fourth-order valence-corrected chi connectivity index (χ4v) is 0. The number of phosphoric acid groups is 1. The minimum Gasteiger partial charge on any atom is -0.822 e. The van der Waals surface area contributed by atoms with Gasteiger partial charge in [0.25, 0.3) is 0 Å². The molecule has 8 heavy (non-hydrogen) atoms. The predicted octanol–water partition coefficient (Wildman–Crippen LogP) is -3.65. The fourth-order valence-electron chi connectivity index (χ4n) is 0. The van der Waals surface area contributed by atoms with Gasteiger partial charge >= 0.3 is 36.5 Å². The SMILES string of the molecule is O.O=P([O-])([O-])[O-].[Mn+2].[Zn+2]. The van der Waals surface area contributed by atoms with E-state index in [0.29, 0.717) is 0 Å². The van der Waals surface area contributed by atoms with Crippen molar-refractivity contribution in [3.05, 3.63) is 0 Å². The van der Waals surface area contributed by atoms with Gasteiger partial charge in [0.1, 0.15) is 0 Å². The Morgan fingerprint density at radius 2 is 1.12 bits per heavy atom. The topological polar surface area (TPSA) is 118 Å². The van der Waals surface area contributed by atoms with Crippen molar-refractivity contribution in [2.75, 3.05) is 0 Å². The summed E-state index contributed by atoms with van der Waals surface area (Å²) in [4.78, 5) is 25.6. The minimum atomic E-state index is -5.39. The van der Waals surface area contributed by atoms with E-state index in [2.05, 4.69) is 0 Å². The summed E-state index contributed by atoms with van der Waals surface area (Å²) in [6.07, 6.45) is 0. The van der Waals surface area contributed by atoms with Gasteiger partial charge in [-0.2, -0.15) is 7.82 Å². The van der Waals surface area contributed by atoms with Gasteiger partial charge in [-0.25, -0.2) is 0 Å².